The van der Waals surface area contributed by atoms with E-state index in [1.807, 2.05) is 26.0 Å². The SMILES string of the molecule is CCOP(=O)(Cc1cc(OC)c(CC=C(C)CCC=C(C)C)c(OC)c1)OCC. The molecule has 0 aliphatic carbocycles. The van der Waals surface area contributed by atoms with Gasteiger partial charge >= 0.3 is 7.60 Å². The van der Waals surface area contributed by atoms with Crippen molar-refractivity contribution in [2.45, 2.75) is 60.0 Å². The molecule has 0 unspecified atom stereocenters. The minimum atomic E-state index is -3.20. The summed E-state index contributed by atoms with van der Waals surface area (Å²) in [5.41, 5.74) is 4.45. The van der Waals surface area contributed by atoms with Crippen LogP contribution < -0.4 is 9.47 Å². The lowest BCUT2D eigenvalue weighted by Gasteiger charge is -2.19. The largest absolute Gasteiger partial charge is 0.496 e. The second kappa shape index (κ2) is 12.9. The van der Waals surface area contributed by atoms with E-state index >= 15 is 0 Å². The first-order chi connectivity index (χ1) is 13.8. The van der Waals surface area contributed by atoms with Gasteiger partial charge < -0.3 is 18.5 Å². The molecule has 0 bridgehead atoms. The van der Waals surface area contributed by atoms with E-state index in [1.165, 1.54) is 11.1 Å². The average Bonchev–Trinajstić information content (AvgIpc) is 2.66. The molecule has 1 aromatic rings. The number of hydrogen-bond donors (Lipinski definition) is 0. The highest BCUT2D eigenvalue weighted by atomic mass is 31.2. The first-order valence-electron chi connectivity index (χ1n) is 10.2. The van der Waals surface area contributed by atoms with Crippen molar-refractivity contribution in [3.63, 3.8) is 0 Å². The van der Waals surface area contributed by atoms with Crippen molar-refractivity contribution < 1.29 is 23.1 Å². The van der Waals surface area contributed by atoms with Crippen LogP contribution in [0.5, 0.6) is 11.5 Å². The van der Waals surface area contributed by atoms with Crippen LogP contribution in [0.25, 0.3) is 0 Å². The molecule has 0 radical (unpaired) electrons. The zero-order chi connectivity index (χ0) is 21.9. The summed E-state index contributed by atoms with van der Waals surface area (Å²) in [6.45, 7) is 10.7. The third-order valence-electron chi connectivity index (χ3n) is 4.44. The smallest absolute Gasteiger partial charge is 0.335 e. The van der Waals surface area contributed by atoms with Crippen LogP contribution >= 0.6 is 7.60 Å². The number of benzene rings is 1. The van der Waals surface area contributed by atoms with Gasteiger partial charge in [0.05, 0.1) is 33.6 Å². The predicted molar refractivity (Wildman–Crippen MR) is 120 cm³/mol. The Morgan fingerprint density at radius 2 is 1.52 bits per heavy atom. The first kappa shape index (κ1) is 25.5. The minimum Gasteiger partial charge on any atom is -0.496 e. The van der Waals surface area contributed by atoms with Gasteiger partial charge in [-0.1, -0.05) is 23.3 Å². The van der Waals surface area contributed by atoms with Crippen LogP contribution in [0.3, 0.4) is 0 Å². The quantitative estimate of drug-likeness (QED) is 0.260. The zero-order valence-electron chi connectivity index (χ0n) is 19.0. The third kappa shape index (κ3) is 8.77. The monoisotopic (exact) mass is 424 g/mol. The van der Waals surface area contributed by atoms with Crippen molar-refractivity contribution >= 4 is 7.60 Å². The molecule has 0 amide bonds. The maximum absolute atomic E-state index is 12.9. The molecule has 5 nitrogen and oxygen atoms in total. The summed E-state index contributed by atoms with van der Waals surface area (Å²) < 4.78 is 35.0. The normalized spacial score (nSPS) is 12.0. The molecule has 1 rings (SSSR count). The molecule has 6 heteroatoms. The first-order valence-corrected chi connectivity index (χ1v) is 11.9. The summed E-state index contributed by atoms with van der Waals surface area (Å²) in [4.78, 5) is 0. The maximum Gasteiger partial charge on any atom is 0.335 e. The molecule has 0 spiro atoms. The van der Waals surface area contributed by atoms with Gasteiger partial charge in [-0.2, -0.15) is 0 Å². The van der Waals surface area contributed by atoms with Gasteiger partial charge in [-0.05, 0) is 71.6 Å². The molecule has 0 heterocycles. The van der Waals surface area contributed by atoms with Crippen molar-refractivity contribution in [1.82, 2.24) is 0 Å². The van der Waals surface area contributed by atoms with Crippen LogP contribution in [-0.2, 0) is 26.2 Å². The molecule has 0 atom stereocenters. The van der Waals surface area contributed by atoms with Gasteiger partial charge in [0.25, 0.3) is 0 Å². The van der Waals surface area contributed by atoms with Gasteiger partial charge in [0, 0.05) is 5.56 Å². The van der Waals surface area contributed by atoms with Crippen LogP contribution in [0.1, 0.15) is 58.6 Å². The van der Waals surface area contributed by atoms with Crippen LogP contribution in [0.2, 0.25) is 0 Å². The lowest BCUT2D eigenvalue weighted by atomic mass is 10.0. The fourth-order valence-corrected chi connectivity index (χ4v) is 4.72. The molecule has 0 aliphatic rings. The topological polar surface area (TPSA) is 54.0 Å². The van der Waals surface area contributed by atoms with Gasteiger partial charge in [-0.25, -0.2) is 0 Å². The van der Waals surface area contributed by atoms with Crippen LogP contribution in [0, 0.1) is 0 Å². The average molecular weight is 425 g/mol. The zero-order valence-corrected chi connectivity index (χ0v) is 19.9. The molecule has 1 aromatic carbocycles. The van der Waals surface area contributed by atoms with E-state index < -0.39 is 7.60 Å². The Bertz CT molecular complexity index is 713. The summed E-state index contributed by atoms with van der Waals surface area (Å²) in [6, 6.07) is 3.80. The number of methoxy groups -OCH3 is 2. The molecule has 0 N–H and O–H groups in total. The number of allylic oxidation sites excluding steroid dienone is 4. The van der Waals surface area contributed by atoms with E-state index in [9.17, 15) is 4.57 Å². The van der Waals surface area contributed by atoms with E-state index in [1.54, 1.807) is 14.2 Å². The minimum absolute atomic E-state index is 0.180. The lowest BCUT2D eigenvalue weighted by Crippen LogP contribution is -2.02. The highest BCUT2D eigenvalue weighted by Gasteiger charge is 2.25. The molecule has 0 saturated heterocycles. The fraction of sp³-hybridized carbons (Fsp3) is 0.565. The van der Waals surface area contributed by atoms with E-state index in [-0.39, 0.29) is 6.16 Å². The highest BCUT2D eigenvalue weighted by molar-refractivity contribution is 7.53. The Balaban J connectivity index is 3.09. The number of ether oxygens (including phenoxy) is 2. The molecule has 0 fully saturated rings. The van der Waals surface area contributed by atoms with Gasteiger partial charge in [-0.15, -0.1) is 0 Å². The molecular weight excluding hydrogens is 387 g/mol. The van der Waals surface area contributed by atoms with E-state index in [0.29, 0.717) is 31.1 Å². The van der Waals surface area contributed by atoms with Crippen LogP contribution in [-0.4, -0.2) is 27.4 Å². The standard InChI is InChI=1S/C23H37O5P/c1-8-27-29(24,28-9-2)17-20-15-22(25-6)21(23(16-20)26-7)14-13-19(5)12-10-11-18(3)4/h11,13,15-16H,8-10,12,14,17H2,1-7H3. The van der Waals surface area contributed by atoms with Gasteiger partial charge in [0.2, 0.25) is 0 Å². The molecular formula is C23H37O5P. The Labute approximate surface area is 176 Å². The molecule has 29 heavy (non-hydrogen) atoms. The second-order valence-electron chi connectivity index (χ2n) is 7.16. The van der Waals surface area contributed by atoms with Gasteiger partial charge in [-0.3, -0.25) is 4.57 Å². The maximum atomic E-state index is 12.9. The van der Waals surface area contributed by atoms with Crippen molar-refractivity contribution in [2.24, 2.45) is 0 Å². The molecule has 0 aromatic heterocycles. The highest BCUT2D eigenvalue weighted by Crippen LogP contribution is 2.52. The Morgan fingerprint density at radius 1 is 0.966 bits per heavy atom. The molecule has 0 aliphatic heterocycles. The lowest BCUT2D eigenvalue weighted by molar-refractivity contribution is 0.219. The van der Waals surface area contributed by atoms with Gasteiger partial charge in [0.15, 0.2) is 0 Å². The summed E-state index contributed by atoms with van der Waals surface area (Å²) in [5.74, 6) is 1.43. The summed E-state index contributed by atoms with van der Waals surface area (Å²) in [6.07, 6.45) is 7.43. The van der Waals surface area contributed by atoms with Crippen LogP contribution in [0.4, 0.5) is 0 Å². The Hall–Kier alpha value is -1.55. The van der Waals surface area contributed by atoms with Crippen molar-refractivity contribution in [3.05, 3.63) is 46.6 Å². The van der Waals surface area contributed by atoms with Crippen molar-refractivity contribution in [3.8, 4) is 11.5 Å². The van der Waals surface area contributed by atoms with E-state index in [2.05, 4.69) is 32.9 Å². The molecule has 0 saturated carbocycles. The van der Waals surface area contributed by atoms with Crippen molar-refractivity contribution in [1.29, 1.82) is 0 Å². The third-order valence-corrected chi connectivity index (χ3v) is 6.50. The predicted octanol–water partition coefficient (Wildman–Crippen LogP) is 6.71. The van der Waals surface area contributed by atoms with Crippen molar-refractivity contribution in [2.75, 3.05) is 27.4 Å². The Kier molecular flexibility index (Phi) is 11.3. The summed E-state index contributed by atoms with van der Waals surface area (Å²) >= 11 is 0. The number of hydrogen-bond acceptors (Lipinski definition) is 5. The van der Waals surface area contributed by atoms with E-state index in [4.69, 9.17) is 18.5 Å². The van der Waals surface area contributed by atoms with E-state index in [0.717, 1.165) is 24.0 Å². The van der Waals surface area contributed by atoms with Gasteiger partial charge in [0.1, 0.15) is 11.5 Å². The summed E-state index contributed by atoms with van der Waals surface area (Å²) in [7, 11) is 0.0766. The fourth-order valence-electron chi connectivity index (χ4n) is 3.04. The molecule has 164 valence electrons. The second-order valence-corrected chi connectivity index (χ2v) is 9.21. The number of rotatable bonds is 13. The Morgan fingerprint density at radius 3 is 1.97 bits per heavy atom. The summed E-state index contributed by atoms with van der Waals surface area (Å²) in [5, 5.41) is 0. The van der Waals surface area contributed by atoms with Crippen LogP contribution in [0.15, 0.2) is 35.4 Å².